The summed E-state index contributed by atoms with van der Waals surface area (Å²) in [4.78, 5) is 23.5. The van der Waals surface area contributed by atoms with Gasteiger partial charge in [-0.15, -0.1) is 0 Å². The molecule has 0 fully saturated rings. The molecule has 0 radical (unpaired) electrons. The number of rotatable bonds is 5. The molecule has 2 aromatic carbocycles. The first-order chi connectivity index (χ1) is 12.7. The number of benzene rings is 2. The fourth-order valence-electron chi connectivity index (χ4n) is 2.70. The average molecular weight is 344 g/mol. The van der Waals surface area contributed by atoms with E-state index in [-0.39, 0.29) is 0 Å². The van der Waals surface area contributed by atoms with Gasteiger partial charge in [-0.1, -0.05) is 36.4 Å². The number of nitrogens with zero attached hydrogens (tertiary/aromatic N) is 2. The SMILES string of the molecule is NC(=O)c1cccc2[nH]c(-c3ccc(OCc4ccccc4)nc3)nc12. The first-order valence-electron chi connectivity index (χ1n) is 8.12. The van der Waals surface area contributed by atoms with Crippen molar-refractivity contribution in [3.8, 4) is 17.3 Å². The van der Waals surface area contributed by atoms with Gasteiger partial charge in [0.1, 0.15) is 17.9 Å². The highest BCUT2D eigenvalue weighted by molar-refractivity contribution is 6.04. The van der Waals surface area contributed by atoms with Crippen LogP contribution in [0.25, 0.3) is 22.4 Å². The Balaban J connectivity index is 1.56. The van der Waals surface area contributed by atoms with Gasteiger partial charge in [-0.2, -0.15) is 0 Å². The number of carbonyl (C=O) groups excluding carboxylic acids is 1. The van der Waals surface area contributed by atoms with Crippen LogP contribution < -0.4 is 10.5 Å². The molecular formula is C20H16N4O2. The summed E-state index contributed by atoms with van der Waals surface area (Å²) < 4.78 is 5.69. The number of aromatic amines is 1. The van der Waals surface area contributed by atoms with E-state index in [0.29, 0.717) is 29.4 Å². The van der Waals surface area contributed by atoms with Crippen molar-refractivity contribution in [1.82, 2.24) is 15.0 Å². The van der Waals surface area contributed by atoms with Gasteiger partial charge in [0, 0.05) is 17.8 Å². The highest BCUT2D eigenvalue weighted by atomic mass is 16.5. The summed E-state index contributed by atoms with van der Waals surface area (Å²) >= 11 is 0. The molecular weight excluding hydrogens is 328 g/mol. The molecule has 0 spiro atoms. The Labute approximate surface area is 149 Å². The van der Waals surface area contributed by atoms with Gasteiger partial charge in [-0.05, 0) is 23.8 Å². The lowest BCUT2D eigenvalue weighted by Gasteiger charge is -2.05. The van der Waals surface area contributed by atoms with Gasteiger partial charge in [-0.3, -0.25) is 4.79 Å². The largest absolute Gasteiger partial charge is 0.473 e. The Bertz CT molecular complexity index is 1060. The van der Waals surface area contributed by atoms with Gasteiger partial charge in [0.2, 0.25) is 5.88 Å². The summed E-state index contributed by atoms with van der Waals surface area (Å²) in [5.41, 5.74) is 8.98. The lowest BCUT2D eigenvalue weighted by Crippen LogP contribution is -2.11. The summed E-state index contributed by atoms with van der Waals surface area (Å²) in [6.45, 7) is 0.458. The van der Waals surface area contributed by atoms with Crippen LogP contribution in [-0.2, 0) is 6.61 Å². The molecule has 0 saturated heterocycles. The topological polar surface area (TPSA) is 93.9 Å². The van der Waals surface area contributed by atoms with Crippen LogP contribution in [-0.4, -0.2) is 20.9 Å². The van der Waals surface area contributed by atoms with Crippen molar-refractivity contribution in [3.05, 3.63) is 78.0 Å². The van der Waals surface area contributed by atoms with E-state index in [2.05, 4.69) is 15.0 Å². The number of hydrogen-bond acceptors (Lipinski definition) is 4. The van der Waals surface area contributed by atoms with E-state index >= 15 is 0 Å². The fourth-order valence-corrected chi connectivity index (χ4v) is 2.70. The van der Waals surface area contributed by atoms with Crippen LogP contribution in [0.3, 0.4) is 0 Å². The molecule has 6 nitrogen and oxygen atoms in total. The second-order valence-corrected chi connectivity index (χ2v) is 5.81. The van der Waals surface area contributed by atoms with Gasteiger partial charge in [0.05, 0.1) is 11.1 Å². The highest BCUT2D eigenvalue weighted by Gasteiger charge is 2.12. The van der Waals surface area contributed by atoms with Crippen LogP contribution >= 0.6 is 0 Å². The number of ether oxygens (including phenoxy) is 1. The van der Waals surface area contributed by atoms with Crippen molar-refractivity contribution in [3.63, 3.8) is 0 Å². The molecule has 2 aromatic heterocycles. The van der Waals surface area contributed by atoms with Crippen molar-refractivity contribution in [1.29, 1.82) is 0 Å². The molecule has 0 atom stereocenters. The van der Waals surface area contributed by atoms with Crippen molar-refractivity contribution >= 4 is 16.9 Å². The normalized spacial score (nSPS) is 10.8. The molecule has 0 aliphatic rings. The molecule has 26 heavy (non-hydrogen) atoms. The van der Waals surface area contributed by atoms with Gasteiger partial charge >= 0.3 is 0 Å². The van der Waals surface area contributed by atoms with E-state index in [1.54, 1.807) is 24.4 Å². The monoisotopic (exact) mass is 344 g/mol. The van der Waals surface area contributed by atoms with Crippen molar-refractivity contribution < 1.29 is 9.53 Å². The number of H-pyrrole nitrogens is 1. The maximum Gasteiger partial charge on any atom is 0.250 e. The maximum absolute atomic E-state index is 11.5. The standard InChI is InChI=1S/C20H16N4O2/c21-19(25)15-7-4-8-16-18(15)24-20(23-16)14-9-10-17(22-11-14)26-12-13-5-2-1-3-6-13/h1-11H,12H2,(H2,21,25)(H,23,24). The van der Waals surface area contributed by atoms with Crippen LogP contribution in [0.5, 0.6) is 5.88 Å². The van der Waals surface area contributed by atoms with Crippen molar-refractivity contribution in [2.75, 3.05) is 0 Å². The molecule has 6 heteroatoms. The predicted octanol–water partition coefficient (Wildman–Crippen LogP) is 3.30. The van der Waals surface area contributed by atoms with Crippen LogP contribution in [0.2, 0.25) is 0 Å². The molecule has 128 valence electrons. The van der Waals surface area contributed by atoms with Crippen LogP contribution in [0.4, 0.5) is 0 Å². The summed E-state index contributed by atoms with van der Waals surface area (Å²) in [6.07, 6.45) is 1.68. The zero-order valence-electron chi connectivity index (χ0n) is 13.8. The molecule has 1 amide bonds. The average Bonchev–Trinajstić information content (AvgIpc) is 3.11. The minimum atomic E-state index is -0.503. The second-order valence-electron chi connectivity index (χ2n) is 5.81. The summed E-state index contributed by atoms with van der Waals surface area (Å²) in [5.74, 6) is 0.652. The smallest absolute Gasteiger partial charge is 0.250 e. The number of nitrogens with one attached hydrogen (secondary N) is 1. The van der Waals surface area contributed by atoms with E-state index in [1.165, 1.54) is 0 Å². The summed E-state index contributed by atoms with van der Waals surface area (Å²) in [7, 11) is 0. The third-order valence-corrected chi connectivity index (χ3v) is 4.02. The summed E-state index contributed by atoms with van der Waals surface area (Å²) in [6, 6.07) is 18.8. The minimum absolute atomic E-state index is 0.390. The molecule has 4 rings (SSSR count). The molecule has 0 aliphatic carbocycles. The molecule has 0 unspecified atom stereocenters. The Kier molecular flexibility index (Phi) is 4.07. The number of nitrogens with two attached hydrogens (primary N) is 1. The van der Waals surface area contributed by atoms with Crippen LogP contribution in [0.15, 0.2) is 66.9 Å². The first-order valence-corrected chi connectivity index (χ1v) is 8.12. The Hall–Kier alpha value is -3.67. The van der Waals surface area contributed by atoms with Crippen LogP contribution in [0, 0.1) is 0 Å². The zero-order valence-corrected chi connectivity index (χ0v) is 13.8. The van der Waals surface area contributed by atoms with Gasteiger partial charge in [-0.25, -0.2) is 9.97 Å². The zero-order chi connectivity index (χ0) is 17.9. The third kappa shape index (κ3) is 3.12. The first kappa shape index (κ1) is 15.8. The minimum Gasteiger partial charge on any atom is -0.473 e. The van der Waals surface area contributed by atoms with E-state index in [4.69, 9.17) is 10.5 Å². The van der Waals surface area contributed by atoms with Crippen molar-refractivity contribution in [2.24, 2.45) is 5.73 Å². The molecule has 2 heterocycles. The van der Waals surface area contributed by atoms with E-state index in [0.717, 1.165) is 16.6 Å². The second kappa shape index (κ2) is 6.68. The molecule has 4 aromatic rings. The number of hydrogen-bond donors (Lipinski definition) is 2. The maximum atomic E-state index is 11.5. The number of imidazole rings is 1. The van der Waals surface area contributed by atoms with E-state index in [1.807, 2.05) is 42.5 Å². The molecule has 0 aliphatic heterocycles. The van der Waals surface area contributed by atoms with Gasteiger partial charge in [0.25, 0.3) is 5.91 Å². The third-order valence-electron chi connectivity index (χ3n) is 4.02. The number of amides is 1. The number of pyridine rings is 1. The van der Waals surface area contributed by atoms with E-state index < -0.39 is 5.91 Å². The Morgan fingerprint density at radius 1 is 1.04 bits per heavy atom. The van der Waals surface area contributed by atoms with E-state index in [9.17, 15) is 4.79 Å². The Morgan fingerprint density at radius 2 is 1.88 bits per heavy atom. The lowest BCUT2D eigenvalue weighted by atomic mass is 10.2. The fraction of sp³-hybridized carbons (Fsp3) is 0.0500. The summed E-state index contributed by atoms with van der Waals surface area (Å²) in [5, 5.41) is 0. The number of fused-ring (bicyclic) bond motifs is 1. The predicted molar refractivity (Wildman–Crippen MR) is 98.6 cm³/mol. The number of aromatic nitrogens is 3. The highest BCUT2D eigenvalue weighted by Crippen LogP contribution is 2.23. The Morgan fingerprint density at radius 3 is 2.62 bits per heavy atom. The number of primary amides is 1. The molecule has 3 N–H and O–H groups in total. The quantitative estimate of drug-likeness (QED) is 0.581. The van der Waals surface area contributed by atoms with Gasteiger partial charge < -0.3 is 15.5 Å². The number of para-hydroxylation sites is 1. The number of carbonyl (C=O) groups is 1. The molecule has 0 saturated carbocycles. The van der Waals surface area contributed by atoms with Crippen molar-refractivity contribution in [2.45, 2.75) is 6.61 Å². The van der Waals surface area contributed by atoms with Crippen LogP contribution in [0.1, 0.15) is 15.9 Å². The lowest BCUT2D eigenvalue weighted by molar-refractivity contribution is 0.100. The van der Waals surface area contributed by atoms with Gasteiger partial charge in [0.15, 0.2) is 0 Å². The molecule has 0 bridgehead atoms.